The molecule has 0 aliphatic rings. The Hall–Kier alpha value is -2.89. The number of hydrogen-bond acceptors (Lipinski definition) is 4. The van der Waals surface area contributed by atoms with Gasteiger partial charge in [-0.25, -0.2) is 9.97 Å². The van der Waals surface area contributed by atoms with Gasteiger partial charge >= 0.3 is 0 Å². The Morgan fingerprint density at radius 3 is 2.69 bits per heavy atom. The minimum Gasteiger partial charge on any atom is -0.497 e. The van der Waals surface area contributed by atoms with Crippen molar-refractivity contribution in [3.8, 4) is 5.75 Å². The number of benzene rings is 1. The molecule has 0 unspecified atom stereocenters. The first-order valence-electron chi connectivity index (χ1n) is 8.79. The molecule has 3 rings (SSSR count). The van der Waals surface area contributed by atoms with Crippen LogP contribution in [-0.4, -0.2) is 33.6 Å². The lowest BCUT2D eigenvalue weighted by atomic mass is 10.2. The van der Waals surface area contributed by atoms with Crippen LogP contribution in [0.15, 0.2) is 42.6 Å². The number of ether oxygens (including phenoxy) is 1. The van der Waals surface area contributed by atoms with Crippen LogP contribution in [0.5, 0.6) is 5.75 Å². The minimum absolute atomic E-state index is 0.0380. The van der Waals surface area contributed by atoms with E-state index in [1.54, 1.807) is 13.3 Å². The predicted molar refractivity (Wildman–Crippen MR) is 101 cm³/mol. The molecular formula is C20H24N4O2. The van der Waals surface area contributed by atoms with E-state index in [4.69, 9.17) is 4.74 Å². The summed E-state index contributed by atoms with van der Waals surface area (Å²) >= 11 is 0. The molecule has 2 aromatic heterocycles. The highest BCUT2D eigenvalue weighted by Crippen LogP contribution is 2.19. The van der Waals surface area contributed by atoms with Crippen molar-refractivity contribution in [3.63, 3.8) is 0 Å². The third kappa shape index (κ3) is 4.20. The van der Waals surface area contributed by atoms with Crippen LogP contribution in [0.25, 0.3) is 11.2 Å². The summed E-state index contributed by atoms with van der Waals surface area (Å²) in [6.07, 6.45) is 2.75. The second-order valence-corrected chi connectivity index (χ2v) is 6.53. The van der Waals surface area contributed by atoms with E-state index in [2.05, 4.69) is 19.9 Å². The second kappa shape index (κ2) is 7.99. The molecule has 0 bridgehead atoms. The van der Waals surface area contributed by atoms with Crippen LogP contribution in [0.3, 0.4) is 0 Å². The zero-order valence-corrected chi connectivity index (χ0v) is 15.4. The van der Waals surface area contributed by atoms with E-state index in [0.717, 1.165) is 28.3 Å². The molecule has 0 spiro atoms. The molecule has 6 heteroatoms. The number of imidazole rings is 1. The van der Waals surface area contributed by atoms with Crippen molar-refractivity contribution < 1.29 is 9.53 Å². The van der Waals surface area contributed by atoms with Gasteiger partial charge in [0, 0.05) is 25.1 Å². The number of carbonyl (C=O) groups is 1. The fourth-order valence-electron chi connectivity index (χ4n) is 2.90. The van der Waals surface area contributed by atoms with Gasteiger partial charge in [-0.2, -0.15) is 0 Å². The van der Waals surface area contributed by atoms with Crippen LogP contribution in [-0.2, 0) is 17.8 Å². The zero-order valence-electron chi connectivity index (χ0n) is 15.4. The van der Waals surface area contributed by atoms with E-state index >= 15 is 0 Å². The van der Waals surface area contributed by atoms with E-state index in [1.165, 1.54) is 0 Å². The fraction of sp³-hybridized carbons (Fsp3) is 0.350. The SMILES string of the molecule is COc1ccc(Cn2c(CCC(=O)NC(C)C)nc3cccnc32)cc1. The van der Waals surface area contributed by atoms with Crippen LogP contribution in [0.4, 0.5) is 0 Å². The van der Waals surface area contributed by atoms with Crippen molar-refractivity contribution in [3.05, 3.63) is 54.0 Å². The Balaban J connectivity index is 1.85. The van der Waals surface area contributed by atoms with Crippen molar-refractivity contribution in [2.45, 2.75) is 39.3 Å². The number of aryl methyl sites for hydroxylation is 1. The van der Waals surface area contributed by atoms with Crippen molar-refractivity contribution in [2.24, 2.45) is 0 Å². The Bertz CT molecular complexity index is 884. The standard InChI is InChI=1S/C20H24N4O2/c1-14(2)22-19(25)11-10-18-23-17-5-4-12-21-20(17)24(18)13-15-6-8-16(26-3)9-7-15/h4-9,12,14H,10-11,13H2,1-3H3,(H,22,25). The van der Waals surface area contributed by atoms with Gasteiger partial charge in [0.2, 0.25) is 5.91 Å². The highest BCUT2D eigenvalue weighted by atomic mass is 16.5. The maximum atomic E-state index is 12.0. The molecule has 0 aliphatic heterocycles. The van der Waals surface area contributed by atoms with Crippen LogP contribution < -0.4 is 10.1 Å². The summed E-state index contributed by atoms with van der Waals surface area (Å²) in [5, 5.41) is 2.92. The third-order valence-corrected chi connectivity index (χ3v) is 4.11. The third-order valence-electron chi connectivity index (χ3n) is 4.11. The summed E-state index contributed by atoms with van der Waals surface area (Å²) in [6, 6.07) is 11.9. The summed E-state index contributed by atoms with van der Waals surface area (Å²) < 4.78 is 7.30. The predicted octanol–water partition coefficient (Wildman–Crippen LogP) is 2.95. The summed E-state index contributed by atoms with van der Waals surface area (Å²) in [4.78, 5) is 21.2. The fourth-order valence-corrected chi connectivity index (χ4v) is 2.90. The summed E-state index contributed by atoms with van der Waals surface area (Å²) in [5.41, 5.74) is 2.81. The number of aromatic nitrogens is 3. The number of carbonyl (C=O) groups excluding carboxylic acids is 1. The smallest absolute Gasteiger partial charge is 0.220 e. The van der Waals surface area contributed by atoms with Gasteiger partial charge in [0.15, 0.2) is 5.65 Å². The number of pyridine rings is 1. The molecule has 2 heterocycles. The average Bonchev–Trinajstić information content (AvgIpc) is 2.98. The monoisotopic (exact) mass is 352 g/mol. The Morgan fingerprint density at radius 2 is 2.00 bits per heavy atom. The molecule has 0 fully saturated rings. The Morgan fingerprint density at radius 1 is 1.23 bits per heavy atom. The van der Waals surface area contributed by atoms with Crippen LogP contribution in [0, 0.1) is 0 Å². The van der Waals surface area contributed by atoms with E-state index < -0.39 is 0 Å². The quantitative estimate of drug-likeness (QED) is 0.710. The topological polar surface area (TPSA) is 69.0 Å². The van der Waals surface area contributed by atoms with Gasteiger partial charge in [0.05, 0.1) is 13.7 Å². The van der Waals surface area contributed by atoms with E-state index in [9.17, 15) is 4.79 Å². The van der Waals surface area contributed by atoms with Crippen molar-refractivity contribution >= 4 is 17.1 Å². The van der Waals surface area contributed by atoms with E-state index in [1.807, 2.05) is 50.2 Å². The molecule has 0 radical (unpaired) electrons. The molecule has 0 atom stereocenters. The Labute approximate surface area is 153 Å². The first-order chi connectivity index (χ1) is 12.6. The normalized spacial score (nSPS) is 11.1. The molecule has 3 aromatic rings. The molecular weight excluding hydrogens is 328 g/mol. The number of methoxy groups -OCH3 is 1. The lowest BCUT2D eigenvalue weighted by Gasteiger charge is -2.11. The summed E-state index contributed by atoms with van der Waals surface area (Å²) in [7, 11) is 1.66. The largest absolute Gasteiger partial charge is 0.497 e. The van der Waals surface area contributed by atoms with Crippen molar-refractivity contribution in [1.82, 2.24) is 19.9 Å². The van der Waals surface area contributed by atoms with Crippen molar-refractivity contribution in [1.29, 1.82) is 0 Å². The molecule has 136 valence electrons. The van der Waals surface area contributed by atoms with Crippen LogP contribution >= 0.6 is 0 Å². The molecule has 0 saturated heterocycles. The highest BCUT2D eigenvalue weighted by molar-refractivity contribution is 5.76. The lowest BCUT2D eigenvalue weighted by molar-refractivity contribution is -0.121. The maximum absolute atomic E-state index is 12.0. The van der Waals surface area contributed by atoms with E-state index in [0.29, 0.717) is 19.4 Å². The zero-order chi connectivity index (χ0) is 18.5. The first kappa shape index (κ1) is 17.9. The van der Waals surface area contributed by atoms with Gasteiger partial charge in [-0.3, -0.25) is 4.79 Å². The minimum atomic E-state index is 0.0380. The van der Waals surface area contributed by atoms with Gasteiger partial charge in [-0.05, 0) is 43.7 Å². The molecule has 0 aliphatic carbocycles. The Kier molecular flexibility index (Phi) is 5.51. The van der Waals surface area contributed by atoms with Crippen LogP contribution in [0.2, 0.25) is 0 Å². The summed E-state index contributed by atoms with van der Waals surface area (Å²) in [5.74, 6) is 1.73. The van der Waals surface area contributed by atoms with Gasteiger partial charge in [-0.1, -0.05) is 12.1 Å². The number of rotatable bonds is 7. The van der Waals surface area contributed by atoms with Gasteiger partial charge < -0.3 is 14.6 Å². The number of amides is 1. The molecule has 1 N–H and O–H groups in total. The molecule has 1 aromatic carbocycles. The lowest BCUT2D eigenvalue weighted by Crippen LogP contribution is -2.30. The van der Waals surface area contributed by atoms with Gasteiger partial charge in [0.1, 0.15) is 17.1 Å². The van der Waals surface area contributed by atoms with Gasteiger partial charge in [0.25, 0.3) is 0 Å². The number of nitrogens with one attached hydrogen (secondary N) is 1. The molecule has 6 nitrogen and oxygen atoms in total. The maximum Gasteiger partial charge on any atom is 0.220 e. The highest BCUT2D eigenvalue weighted by Gasteiger charge is 2.14. The average molecular weight is 352 g/mol. The number of hydrogen-bond donors (Lipinski definition) is 1. The van der Waals surface area contributed by atoms with Crippen molar-refractivity contribution in [2.75, 3.05) is 7.11 Å². The molecule has 1 amide bonds. The summed E-state index contributed by atoms with van der Waals surface area (Å²) in [6.45, 7) is 4.57. The number of nitrogens with zero attached hydrogens (tertiary/aromatic N) is 3. The second-order valence-electron chi connectivity index (χ2n) is 6.53. The van der Waals surface area contributed by atoms with Crippen LogP contribution in [0.1, 0.15) is 31.7 Å². The first-order valence-corrected chi connectivity index (χ1v) is 8.79. The van der Waals surface area contributed by atoms with E-state index in [-0.39, 0.29) is 11.9 Å². The molecule has 0 saturated carbocycles. The molecule has 26 heavy (non-hydrogen) atoms. The number of fused-ring (bicyclic) bond motifs is 1. The van der Waals surface area contributed by atoms with Gasteiger partial charge in [-0.15, -0.1) is 0 Å².